The quantitative estimate of drug-likeness (QED) is 0.0478. The van der Waals surface area contributed by atoms with Gasteiger partial charge in [-0.3, -0.25) is 9.59 Å². The highest BCUT2D eigenvalue weighted by Crippen LogP contribution is 2.68. The maximum Gasteiger partial charge on any atom is 0.407 e. The van der Waals surface area contributed by atoms with E-state index < -0.39 is 0 Å². The molecule has 3 N–H and O–H groups in total. The van der Waals surface area contributed by atoms with Crippen LogP contribution in [0, 0.1) is 52.3 Å². The molecule has 0 heterocycles. The molecule has 4 rings (SSSR count). The lowest BCUT2D eigenvalue weighted by Crippen LogP contribution is -2.54. The molecule has 4 aliphatic carbocycles. The first-order valence-corrected chi connectivity index (χ1v) is 27.1. The van der Waals surface area contributed by atoms with Crippen molar-refractivity contribution in [2.24, 2.45) is 52.3 Å². The molecule has 7 nitrogen and oxygen atoms in total. The lowest BCUT2D eigenvalue weighted by molar-refractivity contribution is -0.130. The highest BCUT2D eigenvalue weighted by molar-refractivity contribution is 5.76. The predicted molar refractivity (Wildman–Crippen MR) is 260 cm³/mol. The Morgan fingerprint density at radius 1 is 0.597 bits per heavy atom. The van der Waals surface area contributed by atoms with E-state index in [2.05, 4.69) is 69.6 Å². The fraction of sp³-hybridized carbons (Fsp3) is 0.909. The highest BCUT2D eigenvalue weighted by Gasteiger charge is 2.60. The lowest BCUT2D eigenvalue weighted by Gasteiger charge is -2.61. The fourth-order valence-electron chi connectivity index (χ4n) is 13.3. The SMILES string of the molecule is CCCCCCCC/C=C\CCCCCCCCNC(=O)OC1CC[C@@]2(C)C(CCC3C2CC[C@@]2(C)C3CC[C@@H]2[C@H](C)CCC(=O)NCCCCCC(=O)NCCCC(C)C)C1. The number of amides is 3. The number of rotatable bonds is 31. The lowest BCUT2D eigenvalue weighted by atomic mass is 9.44. The van der Waals surface area contributed by atoms with Crippen molar-refractivity contribution in [1.82, 2.24) is 16.0 Å². The molecular weight excluding hydrogens is 767 g/mol. The van der Waals surface area contributed by atoms with Crippen molar-refractivity contribution >= 4 is 17.9 Å². The zero-order chi connectivity index (χ0) is 44.6. The van der Waals surface area contributed by atoms with E-state index in [9.17, 15) is 14.4 Å². The molecule has 0 aromatic heterocycles. The van der Waals surface area contributed by atoms with Gasteiger partial charge in [-0.05, 0) is 174 Å². The van der Waals surface area contributed by atoms with Gasteiger partial charge in [-0.15, -0.1) is 0 Å². The number of allylic oxidation sites excluding steroid dienone is 2. The third-order valence-corrected chi connectivity index (χ3v) is 17.1. The summed E-state index contributed by atoms with van der Waals surface area (Å²) in [4.78, 5) is 37.8. The highest BCUT2D eigenvalue weighted by atomic mass is 16.6. The Balaban J connectivity index is 1.04. The molecule has 4 saturated carbocycles. The Kier molecular flexibility index (Phi) is 24.4. The van der Waals surface area contributed by atoms with Gasteiger partial charge in [0.2, 0.25) is 11.8 Å². The maximum absolute atomic E-state index is 12.9. The number of carbonyl (C=O) groups is 3. The predicted octanol–water partition coefficient (Wildman–Crippen LogP) is 14.4. The second-order valence-electron chi connectivity index (χ2n) is 22.1. The van der Waals surface area contributed by atoms with Crippen molar-refractivity contribution in [1.29, 1.82) is 0 Å². The summed E-state index contributed by atoms with van der Waals surface area (Å²) in [6, 6.07) is 0. The Labute approximate surface area is 382 Å². The third-order valence-electron chi connectivity index (χ3n) is 17.1. The van der Waals surface area contributed by atoms with E-state index in [-0.39, 0.29) is 24.0 Å². The van der Waals surface area contributed by atoms with Crippen LogP contribution in [-0.4, -0.2) is 43.6 Å². The van der Waals surface area contributed by atoms with Crippen LogP contribution in [0.2, 0.25) is 0 Å². The summed E-state index contributed by atoms with van der Waals surface area (Å²) in [5.41, 5.74) is 0.759. The largest absolute Gasteiger partial charge is 0.446 e. The van der Waals surface area contributed by atoms with Crippen molar-refractivity contribution in [3.8, 4) is 0 Å². The summed E-state index contributed by atoms with van der Waals surface area (Å²) in [7, 11) is 0. The first-order valence-electron chi connectivity index (χ1n) is 27.1. The summed E-state index contributed by atoms with van der Waals surface area (Å²) in [6.45, 7) is 16.6. The van der Waals surface area contributed by atoms with Crippen LogP contribution in [0.1, 0.15) is 241 Å². The van der Waals surface area contributed by atoms with Crippen molar-refractivity contribution < 1.29 is 19.1 Å². The van der Waals surface area contributed by atoms with Crippen LogP contribution in [0.3, 0.4) is 0 Å². The second-order valence-corrected chi connectivity index (χ2v) is 22.1. The van der Waals surface area contributed by atoms with Gasteiger partial charge in [0.15, 0.2) is 0 Å². The Bertz CT molecular complexity index is 1300. The number of ether oxygens (including phenoxy) is 1. The third kappa shape index (κ3) is 17.4. The molecule has 7 heteroatoms. The van der Waals surface area contributed by atoms with E-state index in [0.29, 0.717) is 53.9 Å². The van der Waals surface area contributed by atoms with Gasteiger partial charge in [0, 0.05) is 32.5 Å². The van der Waals surface area contributed by atoms with Gasteiger partial charge < -0.3 is 20.7 Å². The number of unbranched alkanes of at least 4 members (excludes halogenated alkanes) is 14. The van der Waals surface area contributed by atoms with Crippen LogP contribution in [-0.2, 0) is 14.3 Å². The van der Waals surface area contributed by atoms with E-state index in [4.69, 9.17) is 4.74 Å². The van der Waals surface area contributed by atoms with Crippen LogP contribution < -0.4 is 16.0 Å². The van der Waals surface area contributed by atoms with E-state index in [1.54, 1.807) is 0 Å². The second kappa shape index (κ2) is 28.8. The van der Waals surface area contributed by atoms with Gasteiger partial charge >= 0.3 is 6.09 Å². The molecule has 5 unspecified atom stereocenters. The summed E-state index contributed by atoms with van der Waals surface area (Å²) < 4.78 is 6.08. The average molecular weight is 866 g/mol. The molecule has 4 fully saturated rings. The minimum absolute atomic E-state index is 0.0644. The number of carbonyl (C=O) groups excluding carboxylic acids is 3. The van der Waals surface area contributed by atoms with Crippen LogP contribution in [0.4, 0.5) is 4.79 Å². The molecule has 0 aromatic rings. The van der Waals surface area contributed by atoms with E-state index >= 15 is 0 Å². The molecule has 358 valence electrons. The van der Waals surface area contributed by atoms with Gasteiger partial charge in [0.25, 0.3) is 0 Å². The first-order chi connectivity index (χ1) is 30.0. The van der Waals surface area contributed by atoms with E-state index in [1.165, 1.54) is 128 Å². The van der Waals surface area contributed by atoms with E-state index in [1.807, 2.05) is 0 Å². The molecule has 62 heavy (non-hydrogen) atoms. The van der Waals surface area contributed by atoms with Gasteiger partial charge in [0.1, 0.15) is 6.10 Å². The molecule has 4 aliphatic rings. The molecule has 0 radical (unpaired) electrons. The minimum atomic E-state index is -0.197. The normalized spacial score (nSPS) is 28.6. The summed E-state index contributed by atoms with van der Waals surface area (Å²) in [5, 5.41) is 9.30. The number of hydrogen-bond donors (Lipinski definition) is 3. The molecule has 3 amide bonds. The van der Waals surface area contributed by atoms with Crippen LogP contribution in [0.5, 0.6) is 0 Å². The first kappa shape index (κ1) is 52.6. The Hall–Kier alpha value is -2.05. The van der Waals surface area contributed by atoms with Crippen LogP contribution in [0.15, 0.2) is 12.2 Å². The van der Waals surface area contributed by atoms with Crippen LogP contribution in [0.25, 0.3) is 0 Å². The number of nitrogens with one attached hydrogen (secondary N) is 3. The molecule has 9 atom stereocenters. The molecular formula is C55H99N3O4. The molecule has 0 saturated heterocycles. The van der Waals surface area contributed by atoms with Crippen molar-refractivity contribution in [2.45, 2.75) is 247 Å². The Morgan fingerprint density at radius 3 is 1.87 bits per heavy atom. The summed E-state index contributed by atoms with van der Waals surface area (Å²) >= 11 is 0. The van der Waals surface area contributed by atoms with Gasteiger partial charge in [-0.2, -0.15) is 0 Å². The average Bonchev–Trinajstić information content (AvgIpc) is 3.61. The van der Waals surface area contributed by atoms with Crippen molar-refractivity contribution in [3.63, 3.8) is 0 Å². The number of fused-ring (bicyclic) bond motifs is 5. The van der Waals surface area contributed by atoms with Gasteiger partial charge in [-0.25, -0.2) is 4.79 Å². The van der Waals surface area contributed by atoms with Gasteiger partial charge in [-0.1, -0.05) is 118 Å². The van der Waals surface area contributed by atoms with Crippen molar-refractivity contribution in [3.05, 3.63) is 12.2 Å². The van der Waals surface area contributed by atoms with Gasteiger partial charge in [0.05, 0.1) is 0 Å². The van der Waals surface area contributed by atoms with E-state index in [0.717, 1.165) is 88.6 Å². The molecule has 0 aromatic carbocycles. The minimum Gasteiger partial charge on any atom is -0.446 e. The smallest absolute Gasteiger partial charge is 0.407 e. The zero-order valence-corrected chi connectivity index (χ0v) is 41.4. The molecule has 0 bridgehead atoms. The molecule has 0 aliphatic heterocycles. The number of alkyl carbamates (subject to hydrolysis) is 1. The number of hydrogen-bond acceptors (Lipinski definition) is 4. The topological polar surface area (TPSA) is 96.5 Å². The maximum atomic E-state index is 12.9. The fourth-order valence-corrected chi connectivity index (χ4v) is 13.3. The summed E-state index contributed by atoms with van der Waals surface area (Å²) in [6.07, 6.45) is 41.2. The van der Waals surface area contributed by atoms with Crippen LogP contribution >= 0.6 is 0 Å². The van der Waals surface area contributed by atoms with Crippen molar-refractivity contribution in [2.75, 3.05) is 19.6 Å². The standard InChI is InChI=1S/C55H99N3O4/c1-7-8-9-10-11-12-13-14-15-16-17-18-19-20-21-24-40-58-53(61)62-46-35-37-54(5)45(42-46)30-31-47-49-33-32-48(55(49,6)38-36-50(47)54)44(4)29-34-52(60)56-39-25-22-23-28-51(59)57-41-26-27-43(2)3/h14-15,43-50H,7-13,16-42H2,1-6H3,(H,56,60)(H,57,59)(H,58,61)/b15-14-/t44-,45?,46?,47?,48-,49?,50?,54+,55-/m1/s1. The Morgan fingerprint density at radius 2 is 1.18 bits per heavy atom. The monoisotopic (exact) mass is 866 g/mol. The molecule has 0 spiro atoms. The summed E-state index contributed by atoms with van der Waals surface area (Å²) in [5.74, 6) is 5.41. The zero-order valence-electron chi connectivity index (χ0n) is 41.4.